The van der Waals surface area contributed by atoms with Crippen molar-refractivity contribution in [2.24, 2.45) is 7.05 Å². The van der Waals surface area contributed by atoms with Gasteiger partial charge < -0.3 is 10.1 Å². The fraction of sp³-hybridized carbons (Fsp3) is 0.429. The van der Waals surface area contributed by atoms with Gasteiger partial charge >= 0.3 is 0 Å². The van der Waals surface area contributed by atoms with Gasteiger partial charge in [-0.25, -0.2) is 4.98 Å². The molecule has 1 atom stereocenters. The molecule has 0 aromatic carbocycles. The highest BCUT2D eigenvalue weighted by Crippen LogP contribution is 2.29. The smallest absolute Gasteiger partial charge is 0.217 e. The Labute approximate surface area is 127 Å². The first-order valence-corrected chi connectivity index (χ1v) is 7.22. The van der Waals surface area contributed by atoms with Gasteiger partial charge in [-0.05, 0) is 36.0 Å². The summed E-state index contributed by atoms with van der Waals surface area (Å²) in [4.78, 5) is 4.26. The Morgan fingerprint density at radius 1 is 1.50 bits per heavy atom. The number of aryl methyl sites for hydroxylation is 2. The summed E-state index contributed by atoms with van der Waals surface area (Å²) in [5, 5.41) is 7.75. The van der Waals surface area contributed by atoms with E-state index in [-0.39, 0.29) is 6.04 Å². The first-order chi connectivity index (χ1) is 9.58. The molecule has 0 saturated carbocycles. The van der Waals surface area contributed by atoms with Crippen molar-refractivity contribution in [3.63, 3.8) is 0 Å². The van der Waals surface area contributed by atoms with Crippen LogP contribution in [0.25, 0.3) is 0 Å². The topological polar surface area (TPSA) is 52.0 Å². The Morgan fingerprint density at radius 3 is 2.80 bits per heavy atom. The summed E-state index contributed by atoms with van der Waals surface area (Å²) in [7, 11) is 5.54. The lowest BCUT2D eigenvalue weighted by molar-refractivity contribution is 0.383. The van der Waals surface area contributed by atoms with E-state index in [9.17, 15) is 0 Å². The number of nitrogens with one attached hydrogen (secondary N) is 1. The molecular weight excluding hydrogens is 320 g/mol. The lowest BCUT2D eigenvalue weighted by Crippen LogP contribution is -2.21. The summed E-state index contributed by atoms with van der Waals surface area (Å²) in [6, 6.07) is 4.07. The standard InChI is InChI=1S/C14H19BrN4O/c1-9-13(15)12(19(3)18-9)8-11(16-2)10-6-5-7-17-14(10)20-4/h5-7,11,16H,8H2,1-4H3. The number of likely N-dealkylation sites (N-methyl/N-ethyl adjacent to an activating group) is 1. The van der Waals surface area contributed by atoms with E-state index >= 15 is 0 Å². The van der Waals surface area contributed by atoms with Gasteiger partial charge in [-0.15, -0.1) is 0 Å². The Hall–Kier alpha value is -1.40. The fourth-order valence-corrected chi connectivity index (χ4v) is 2.80. The van der Waals surface area contributed by atoms with Crippen LogP contribution >= 0.6 is 15.9 Å². The molecule has 0 radical (unpaired) electrons. The minimum Gasteiger partial charge on any atom is -0.481 e. The maximum atomic E-state index is 5.35. The van der Waals surface area contributed by atoms with Gasteiger partial charge in [0.25, 0.3) is 0 Å². The second-order valence-corrected chi connectivity index (χ2v) is 5.41. The van der Waals surface area contributed by atoms with Crippen LogP contribution in [0.5, 0.6) is 5.88 Å². The van der Waals surface area contributed by atoms with Crippen LogP contribution in [0.3, 0.4) is 0 Å². The predicted octanol–water partition coefficient (Wildman–Crippen LogP) is 2.40. The van der Waals surface area contributed by atoms with Crippen molar-refractivity contribution in [3.05, 3.63) is 39.8 Å². The second kappa shape index (κ2) is 6.37. The van der Waals surface area contributed by atoms with Gasteiger partial charge in [0.1, 0.15) is 0 Å². The first-order valence-electron chi connectivity index (χ1n) is 6.42. The molecule has 2 heterocycles. The van der Waals surface area contributed by atoms with Crippen molar-refractivity contribution in [2.75, 3.05) is 14.2 Å². The fourth-order valence-electron chi connectivity index (χ4n) is 2.30. The predicted molar refractivity (Wildman–Crippen MR) is 81.9 cm³/mol. The quantitative estimate of drug-likeness (QED) is 0.909. The van der Waals surface area contributed by atoms with E-state index in [4.69, 9.17) is 4.74 Å². The van der Waals surface area contributed by atoms with Crippen molar-refractivity contribution in [2.45, 2.75) is 19.4 Å². The molecule has 0 amide bonds. The number of rotatable bonds is 5. The molecular formula is C14H19BrN4O. The highest BCUT2D eigenvalue weighted by molar-refractivity contribution is 9.10. The Kier molecular flexibility index (Phi) is 4.77. The zero-order valence-corrected chi connectivity index (χ0v) is 13.7. The van der Waals surface area contributed by atoms with Crippen molar-refractivity contribution in [3.8, 4) is 5.88 Å². The van der Waals surface area contributed by atoms with E-state index in [1.54, 1.807) is 13.3 Å². The molecule has 0 aliphatic carbocycles. The SMILES string of the molecule is CNC(Cc1c(Br)c(C)nn1C)c1cccnc1OC. The normalized spacial score (nSPS) is 12.4. The Bertz CT molecular complexity index is 597. The van der Waals surface area contributed by atoms with Gasteiger partial charge in [0, 0.05) is 31.3 Å². The number of halogens is 1. The highest BCUT2D eigenvalue weighted by atomic mass is 79.9. The van der Waals surface area contributed by atoms with Crippen LogP contribution < -0.4 is 10.1 Å². The highest BCUT2D eigenvalue weighted by Gasteiger charge is 2.20. The van der Waals surface area contributed by atoms with Crippen molar-refractivity contribution < 1.29 is 4.74 Å². The average Bonchev–Trinajstić information content (AvgIpc) is 2.70. The third kappa shape index (κ3) is 2.86. The molecule has 0 bridgehead atoms. The molecule has 0 fully saturated rings. The van der Waals surface area contributed by atoms with E-state index < -0.39 is 0 Å². The summed E-state index contributed by atoms with van der Waals surface area (Å²) in [5.74, 6) is 0.655. The summed E-state index contributed by atoms with van der Waals surface area (Å²) in [6.07, 6.45) is 2.54. The average molecular weight is 339 g/mol. The zero-order valence-electron chi connectivity index (χ0n) is 12.1. The first kappa shape index (κ1) is 15.0. The second-order valence-electron chi connectivity index (χ2n) is 4.62. The minimum atomic E-state index is 0.116. The van der Waals surface area contributed by atoms with E-state index in [1.807, 2.05) is 37.8 Å². The minimum absolute atomic E-state index is 0.116. The Balaban J connectivity index is 2.34. The molecule has 0 aliphatic rings. The van der Waals surface area contributed by atoms with Gasteiger partial charge in [0.05, 0.1) is 23.0 Å². The number of hydrogen-bond donors (Lipinski definition) is 1. The largest absolute Gasteiger partial charge is 0.481 e. The van der Waals surface area contributed by atoms with Crippen LogP contribution in [0.15, 0.2) is 22.8 Å². The van der Waals surface area contributed by atoms with E-state index in [0.29, 0.717) is 5.88 Å². The molecule has 2 aromatic rings. The number of hydrogen-bond acceptors (Lipinski definition) is 4. The molecule has 0 saturated heterocycles. The molecule has 108 valence electrons. The molecule has 1 N–H and O–H groups in total. The molecule has 0 spiro atoms. The van der Waals surface area contributed by atoms with Gasteiger partial charge in [-0.3, -0.25) is 4.68 Å². The number of aromatic nitrogens is 3. The van der Waals surface area contributed by atoms with E-state index in [1.165, 1.54) is 0 Å². The van der Waals surface area contributed by atoms with Gasteiger partial charge in [-0.1, -0.05) is 6.07 Å². The molecule has 5 nitrogen and oxygen atoms in total. The third-order valence-electron chi connectivity index (χ3n) is 3.38. The van der Waals surface area contributed by atoms with Gasteiger partial charge in [0.2, 0.25) is 5.88 Å². The van der Waals surface area contributed by atoms with Gasteiger partial charge in [-0.2, -0.15) is 5.10 Å². The van der Waals surface area contributed by atoms with E-state index in [0.717, 1.165) is 27.8 Å². The molecule has 2 rings (SSSR count). The summed E-state index contributed by atoms with van der Waals surface area (Å²) in [6.45, 7) is 1.99. The third-order valence-corrected chi connectivity index (χ3v) is 4.41. The maximum Gasteiger partial charge on any atom is 0.217 e. The van der Waals surface area contributed by atoms with Crippen molar-refractivity contribution in [1.29, 1.82) is 0 Å². The van der Waals surface area contributed by atoms with Crippen molar-refractivity contribution in [1.82, 2.24) is 20.1 Å². The summed E-state index contributed by atoms with van der Waals surface area (Å²) in [5.41, 5.74) is 3.19. The Morgan fingerprint density at radius 2 is 2.25 bits per heavy atom. The van der Waals surface area contributed by atoms with Crippen LogP contribution in [0.1, 0.15) is 23.0 Å². The number of nitrogens with zero attached hydrogens (tertiary/aromatic N) is 3. The summed E-state index contributed by atoms with van der Waals surface area (Å²) >= 11 is 3.61. The lowest BCUT2D eigenvalue weighted by Gasteiger charge is -2.18. The van der Waals surface area contributed by atoms with Crippen LogP contribution in [0, 0.1) is 6.92 Å². The molecule has 20 heavy (non-hydrogen) atoms. The van der Waals surface area contributed by atoms with Crippen LogP contribution in [-0.2, 0) is 13.5 Å². The van der Waals surface area contributed by atoms with Crippen LogP contribution in [-0.4, -0.2) is 28.9 Å². The number of methoxy groups -OCH3 is 1. The molecule has 0 aliphatic heterocycles. The van der Waals surface area contributed by atoms with E-state index in [2.05, 4.69) is 31.3 Å². The van der Waals surface area contributed by atoms with Crippen molar-refractivity contribution >= 4 is 15.9 Å². The molecule has 2 aromatic heterocycles. The van der Waals surface area contributed by atoms with Gasteiger partial charge in [0.15, 0.2) is 0 Å². The molecule has 6 heteroatoms. The van der Waals surface area contributed by atoms with Crippen LogP contribution in [0.2, 0.25) is 0 Å². The zero-order chi connectivity index (χ0) is 14.7. The monoisotopic (exact) mass is 338 g/mol. The summed E-state index contributed by atoms with van der Waals surface area (Å²) < 4.78 is 8.31. The lowest BCUT2D eigenvalue weighted by atomic mass is 10.0. The molecule has 1 unspecified atom stereocenters. The maximum absolute atomic E-state index is 5.35. The number of pyridine rings is 1. The number of ether oxygens (including phenoxy) is 1. The van der Waals surface area contributed by atoms with Crippen LogP contribution in [0.4, 0.5) is 0 Å².